The smallest absolute Gasteiger partial charge is 0.0472 e. The molecule has 3 aromatic rings. The van der Waals surface area contributed by atoms with Crippen molar-refractivity contribution < 1.29 is 0 Å². The quantitative estimate of drug-likeness (QED) is 0.529. The van der Waals surface area contributed by atoms with Crippen LogP contribution in [0.1, 0.15) is 0 Å². The molecule has 0 atom stereocenters. The van der Waals surface area contributed by atoms with Gasteiger partial charge in [-0.05, 0) is 65.1 Å². The van der Waals surface area contributed by atoms with Crippen LogP contribution in [0, 0.1) is 3.57 Å². The summed E-state index contributed by atoms with van der Waals surface area (Å²) in [4.78, 5) is 2.27. The fourth-order valence-electron chi connectivity index (χ4n) is 2.22. The lowest BCUT2D eigenvalue weighted by Crippen LogP contribution is -2.09. The molecule has 0 bridgehead atoms. The zero-order valence-corrected chi connectivity index (χ0v) is 13.1. The standard InChI is InChI=1S/C18H14IN/c19-15-8-7-13-18(14-15)20(16-9-3-1-4-10-16)17-11-5-2-6-12-17/h1-14H. The third-order valence-corrected chi connectivity index (χ3v) is 3.77. The molecule has 0 aliphatic rings. The van der Waals surface area contributed by atoms with E-state index in [9.17, 15) is 0 Å². The Bertz CT molecular complexity index is 641. The zero-order valence-electron chi connectivity index (χ0n) is 10.9. The van der Waals surface area contributed by atoms with Gasteiger partial charge in [0.05, 0.1) is 0 Å². The minimum atomic E-state index is 1.17. The summed E-state index contributed by atoms with van der Waals surface area (Å²) in [5.41, 5.74) is 3.51. The molecule has 3 rings (SSSR count). The summed E-state index contributed by atoms with van der Waals surface area (Å²) in [6.07, 6.45) is 0. The Hall–Kier alpha value is -1.81. The molecule has 0 aliphatic heterocycles. The van der Waals surface area contributed by atoms with Gasteiger partial charge in [0, 0.05) is 20.6 Å². The Balaban J connectivity index is 2.14. The van der Waals surface area contributed by atoms with Crippen molar-refractivity contribution in [3.8, 4) is 0 Å². The van der Waals surface area contributed by atoms with Crippen molar-refractivity contribution in [2.45, 2.75) is 0 Å². The monoisotopic (exact) mass is 371 g/mol. The number of nitrogens with zero attached hydrogens (tertiary/aromatic N) is 1. The summed E-state index contributed by atoms with van der Waals surface area (Å²) in [5.74, 6) is 0. The third-order valence-electron chi connectivity index (χ3n) is 3.10. The minimum Gasteiger partial charge on any atom is -0.310 e. The number of halogens is 1. The number of benzene rings is 3. The molecule has 0 saturated heterocycles. The van der Waals surface area contributed by atoms with Gasteiger partial charge in [0.15, 0.2) is 0 Å². The molecule has 0 spiro atoms. The van der Waals surface area contributed by atoms with Gasteiger partial charge in [0.2, 0.25) is 0 Å². The maximum Gasteiger partial charge on any atom is 0.0472 e. The summed E-state index contributed by atoms with van der Waals surface area (Å²) in [7, 11) is 0. The van der Waals surface area contributed by atoms with E-state index in [1.165, 1.54) is 20.6 Å². The SMILES string of the molecule is Ic1cccc(N(c2ccccc2)c2ccccc2)c1. The number of hydrogen-bond acceptors (Lipinski definition) is 1. The number of hydrogen-bond donors (Lipinski definition) is 0. The van der Waals surface area contributed by atoms with Crippen LogP contribution in [0.4, 0.5) is 17.1 Å². The molecule has 0 heterocycles. The Kier molecular flexibility index (Phi) is 4.02. The largest absolute Gasteiger partial charge is 0.310 e. The van der Waals surface area contributed by atoms with E-state index in [4.69, 9.17) is 0 Å². The highest BCUT2D eigenvalue weighted by molar-refractivity contribution is 14.1. The molecule has 0 radical (unpaired) electrons. The van der Waals surface area contributed by atoms with Gasteiger partial charge >= 0.3 is 0 Å². The molecular formula is C18H14IN. The van der Waals surface area contributed by atoms with Crippen molar-refractivity contribution in [1.82, 2.24) is 0 Å². The van der Waals surface area contributed by atoms with Crippen LogP contribution in [0.3, 0.4) is 0 Å². The van der Waals surface area contributed by atoms with Crippen molar-refractivity contribution in [3.05, 3.63) is 88.5 Å². The maximum absolute atomic E-state index is 2.35. The van der Waals surface area contributed by atoms with E-state index in [2.05, 4.69) is 100 Å². The lowest BCUT2D eigenvalue weighted by Gasteiger charge is -2.25. The van der Waals surface area contributed by atoms with Crippen molar-refractivity contribution in [3.63, 3.8) is 0 Å². The lowest BCUT2D eigenvalue weighted by atomic mass is 10.2. The Labute approximate surface area is 133 Å². The first-order valence-corrected chi connectivity index (χ1v) is 7.58. The summed E-state index contributed by atoms with van der Waals surface area (Å²) >= 11 is 2.35. The normalized spacial score (nSPS) is 10.2. The number of rotatable bonds is 3. The van der Waals surface area contributed by atoms with E-state index in [0.29, 0.717) is 0 Å². The highest BCUT2D eigenvalue weighted by atomic mass is 127. The summed E-state index contributed by atoms with van der Waals surface area (Å²) in [5, 5.41) is 0. The van der Waals surface area contributed by atoms with E-state index in [-0.39, 0.29) is 0 Å². The first-order chi connectivity index (χ1) is 9.84. The van der Waals surface area contributed by atoms with Crippen LogP contribution < -0.4 is 4.90 Å². The molecule has 0 N–H and O–H groups in total. The van der Waals surface area contributed by atoms with Gasteiger partial charge in [-0.15, -0.1) is 0 Å². The predicted octanol–water partition coefficient (Wildman–Crippen LogP) is 5.76. The van der Waals surface area contributed by atoms with Gasteiger partial charge in [0.1, 0.15) is 0 Å². The first kappa shape index (κ1) is 13.2. The van der Waals surface area contributed by atoms with E-state index >= 15 is 0 Å². The zero-order chi connectivity index (χ0) is 13.8. The molecule has 20 heavy (non-hydrogen) atoms. The van der Waals surface area contributed by atoms with Crippen LogP contribution in [-0.4, -0.2) is 0 Å². The highest BCUT2D eigenvalue weighted by Gasteiger charge is 2.11. The van der Waals surface area contributed by atoms with Gasteiger partial charge in [0.25, 0.3) is 0 Å². The fourth-order valence-corrected chi connectivity index (χ4v) is 2.74. The Morgan fingerprint density at radius 2 is 1.05 bits per heavy atom. The Morgan fingerprint density at radius 1 is 0.550 bits per heavy atom. The average Bonchev–Trinajstić information content (AvgIpc) is 2.50. The van der Waals surface area contributed by atoms with E-state index in [0.717, 1.165) is 0 Å². The van der Waals surface area contributed by atoms with Crippen LogP contribution in [0.15, 0.2) is 84.9 Å². The lowest BCUT2D eigenvalue weighted by molar-refractivity contribution is 1.28. The third kappa shape index (κ3) is 2.85. The number of para-hydroxylation sites is 2. The molecule has 98 valence electrons. The van der Waals surface area contributed by atoms with Gasteiger partial charge in [-0.25, -0.2) is 0 Å². The highest BCUT2D eigenvalue weighted by Crippen LogP contribution is 2.34. The average molecular weight is 371 g/mol. The van der Waals surface area contributed by atoms with Gasteiger partial charge in [-0.3, -0.25) is 0 Å². The minimum absolute atomic E-state index is 1.17. The predicted molar refractivity (Wildman–Crippen MR) is 93.8 cm³/mol. The summed E-state index contributed by atoms with van der Waals surface area (Å²) in [6.45, 7) is 0. The molecule has 2 heteroatoms. The molecule has 3 aromatic carbocycles. The van der Waals surface area contributed by atoms with E-state index in [1.807, 2.05) is 12.1 Å². The van der Waals surface area contributed by atoms with Crippen LogP contribution >= 0.6 is 22.6 Å². The molecule has 0 aliphatic carbocycles. The molecule has 0 unspecified atom stereocenters. The van der Waals surface area contributed by atoms with Crippen molar-refractivity contribution in [2.24, 2.45) is 0 Å². The second-order valence-corrected chi connectivity index (χ2v) is 5.73. The van der Waals surface area contributed by atoms with E-state index < -0.39 is 0 Å². The second kappa shape index (κ2) is 6.09. The topological polar surface area (TPSA) is 3.24 Å². The molecule has 0 aromatic heterocycles. The summed E-state index contributed by atoms with van der Waals surface area (Å²) < 4.78 is 1.23. The van der Waals surface area contributed by atoms with Crippen LogP contribution in [-0.2, 0) is 0 Å². The van der Waals surface area contributed by atoms with Gasteiger partial charge < -0.3 is 4.90 Å². The van der Waals surface area contributed by atoms with Crippen LogP contribution in [0.2, 0.25) is 0 Å². The molecule has 1 nitrogen and oxygen atoms in total. The van der Waals surface area contributed by atoms with Crippen LogP contribution in [0.5, 0.6) is 0 Å². The fraction of sp³-hybridized carbons (Fsp3) is 0. The molecule has 0 saturated carbocycles. The van der Waals surface area contributed by atoms with Gasteiger partial charge in [-0.2, -0.15) is 0 Å². The molecule has 0 fully saturated rings. The van der Waals surface area contributed by atoms with Crippen molar-refractivity contribution in [2.75, 3.05) is 4.90 Å². The Morgan fingerprint density at radius 3 is 1.55 bits per heavy atom. The van der Waals surface area contributed by atoms with Gasteiger partial charge in [-0.1, -0.05) is 42.5 Å². The molecular weight excluding hydrogens is 357 g/mol. The summed E-state index contributed by atoms with van der Waals surface area (Å²) in [6, 6.07) is 29.4. The maximum atomic E-state index is 2.35. The number of anilines is 3. The van der Waals surface area contributed by atoms with Crippen molar-refractivity contribution >= 4 is 39.7 Å². The van der Waals surface area contributed by atoms with Crippen molar-refractivity contribution in [1.29, 1.82) is 0 Å². The van der Waals surface area contributed by atoms with Crippen LogP contribution in [0.25, 0.3) is 0 Å². The molecule has 0 amide bonds. The first-order valence-electron chi connectivity index (χ1n) is 6.50. The second-order valence-electron chi connectivity index (χ2n) is 4.49. The van der Waals surface area contributed by atoms with E-state index in [1.54, 1.807) is 0 Å².